The zero-order valence-electron chi connectivity index (χ0n) is 19.9. The third-order valence-corrected chi connectivity index (χ3v) is 7.32. The van der Waals surface area contributed by atoms with Crippen molar-refractivity contribution < 1.29 is 9.13 Å². The number of benzene rings is 1. The van der Waals surface area contributed by atoms with Crippen molar-refractivity contribution in [3.63, 3.8) is 0 Å². The van der Waals surface area contributed by atoms with Gasteiger partial charge in [-0.25, -0.2) is 18.7 Å². The number of nitriles is 2. The molecule has 4 heterocycles. The number of pyridine rings is 1. The van der Waals surface area contributed by atoms with Gasteiger partial charge in [0, 0.05) is 24.0 Å². The fourth-order valence-corrected chi connectivity index (χ4v) is 5.43. The van der Waals surface area contributed by atoms with Crippen molar-refractivity contribution in [3.05, 3.63) is 68.6 Å². The number of hydrogen-bond acceptors (Lipinski definition) is 8. The number of methoxy groups -OCH3 is 1. The van der Waals surface area contributed by atoms with Gasteiger partial charge in [0.25, 0.3) is 5.56 Å². The minimum absolute atomic E-state index is 0.0273. The van der Waals surface area contributed by atoms with Crippen LogP contribution in [0, 0.1) is 35.4 Å². The van der Waals surface area contributed by atoms with Crippen LogP contribution in [0.15, 0.2) is 40.2 Å². The molecule has 37 heavy (non-hydrogen) atoms. The Morgan fingerprint density at radius 1 is 1.19 bits per heavy atom. The van der Waals surface area contributed by atoms with Crippen LogP contribution in [0.2, 0.25) is 0 Å². The average Bonchev–Trinajstić information content (AvgIpc) is 3.45. The van der Waals surface area contributed by atoms with E-state index in [9.17, 15) is 24.5 Å². The zero-order chi connectivity index (χ0) is 26.4. The van der Waals surface area contributed by atoms with Crippen molar-refractivity contribution in [2.75, 3.05) is 7.11 Å². The molecule has 4 aromatic heterocycles. The van der Waals surface area contributed by atoms with Gasteiger partial charge in [0.15, 0.2) is 11.6 Å². The number of nitrogens with zero attached hydrogens (tertiary/aromatic N) is 7. The van der Waals surface area contributed by atoms with Gasteiger partial charge in [-0.1, -0.05) is 0 Å². The number of aryl methyl sites for hydroxylation is 3. The summed E-state index contributed by atoms with van der Waals surface area (Å²) in [5.41, 5.74) is 0.858. The first-order valence-electron chi connectivity index (χ1n) is 11.0. The highest BCUT2D eigenvalue weighted by atomic mass is 32.1. The van der Waals surface area contributed by atoms with Crippen LogP contribution in [0.5, 0.6) is 5.75 Å². The highest BCUT2D eigenvalue weighted by Crippen LogP contribution is 2.36. The van der Waals surface area contributed by atoms with E-state index in [-0.39, 0.29) is 34.7 Å². The number of fused-ring (bicyclic) bond motifs is 2. The van der Waals surface area contributed by atoms with Gasteiger partial charge in [-0.2, -0.15) is 10.5 Å². The smallest absolute Gasteiger partial charge is 0.336 e. The van der Waals surface area contributed by atoms with E-state index in [0.29, 0.717) is 32.8 Å². The van der Waals surface area contributed by atoms with Crippen molar-refractivity contribution in [2.24, 2.45) is 7.05 Å². The van der Waals surface area contributed by atoms with Crippen LogP contribution in [0.25, 0.3) is 37.4 Å². The van der Waals surface area contributed by atoms with Gasteiger partial charge in [0.05, 0.1) is 60.3 Å². The molecule has 0 saturated carbocycles. The molecule has 184 valence electrons. The molecule has 0 saturated heterocycles. The predicted molar refractivity (Wildman–Crippen MR) is 135 cm³/mol. The molecule has 0 aliphatic heterocycles. The van der Waals surface area contributed by atoms with Crippen molar-refractivity contribution in [2.45, 2.75) is 19.9 Å². The molecule has 0 unspecified atom stereocenters. The van der Waals surface area contributed by atoms with Crippen LogP contribution in [-0.4, -0.2) is 30.8 Å². The van der Waals surface area contributed by atoms with Gasteiger partial charge < -0.3 is 9.30 Å². The first-order chi connectivity index (χ1) is 17.8. The third-order valence-electron chi connectivity index (χ3n) is 6.17. The quantitative estimate of drug-likeness (QED) is 0.350. The molecule has 0 radical (unpaired) electrons. The lowest BCUT2D eigenvalue weighted by molar-refractivity contribution is 0.386. The van der Waals surface area contributed by atoms with Gasteiger partial charge in [0.2, 0.25) is 0 Å². The Hall–Kier alpha value is -4.81. The Morgan fingerprint density at radius 3 is 2.68 bits per heavy atom. The predicted octanol–water partition coefficient (Wildman–Crippen LogP) is 3.40. The van der Waals surface area contributed by atoms with Crippen LogP contribution in [0.1, 0.15) is 17.8 Å². The molecule has 0 atom stereocenters. The maximum atomic E-state index is 14.2. The second-order valence-corrected chi connectivity index (χ2v) is 9.25. The van der Waals surface area contributed by atoms with Gasteiger partial charge in [-0.05, 0) is 25.1 Å². The Kier molecular flexibility index (Phi) is 5.82. The summed E-state index contributed by atoms with van der Waals surface area (Å²) in [6.07, 6.45) is 3.01. The SMILES string of the molecule is COc1cc(-c2cc3c(s2)c(=O)n(-c2cncc4nc(C)n(C)c24)c(=O)n3CCC#N)c(C#N)cc1F. The summed E-state index contributed by atoms with van der Waals surface area (Å²) in [4.78, 5) is 36.6. The topological polar surface area (TPSA) is 132 Å². The molecular weight excluding hydrogens is 497 g/mol. The molecular formula is C25H18FN7O3S. The van der Waals surface area contributed by atoms with E-state index in [1.165, 1.54) is 23.9 Å². The normalized spacial score (nSPS) is 11.1. The minimum atomic E-state index is -0.690. The Balaban J connectivity index is 1.87. The number of thiophene rings is 1. The second kappa shape index (κ2) is 9.00. The number of halogens is 1. The summed E-state index contributed by atoms with van der Waals surface area (Å²) in [6, 6.07) is 8.06. The molecule has 12 heteroatoms. The van der Waals surface area contributed by atoms with Crippen molar-refractivity contribution >= 4 is 32.6 Å². The van der Waals surface area contributed by atoms with E-state index >= 15 is 0 Å². The molecule has 0 spiro atoms. The first kappa shape index (κ1) is 23.9. The largest absolute Gasteiger partial charge is 0.494 e. The van der Waals surface area contributed by atoms with Crippen LogP contribution in [0.3, 0.4) is 0 Å². The van der Waals surface area contributed by atoms with Crippen LogP contribution in [-0.2, 0) is 13.6 Å². The molecule has 5 rings (SSSR count). The van der Waals surface area contributed by atoms with Crippen molar-refractivity contribution in [1.82, 2.24) is 23.7 Å². The summed E-state index contributed by atoms with van der Waals surface area (Å²) >= 11 is 1.06. The molecule has 0 aliphatic carbocycles. The van der Waals surface area contributed by atoms with Crippen molar-refractivity contribution in [1.29, 1.82) is 10.5 Å². The lowest BCUT2D eigenvalue weighted by Gasteiger charge is -2.12. The van der Waals surface area contributed by atoms with Gasteiger partial charge in [-0.15, -0.1) is 11.3 Å². The van der Waals surface area contributed by atoms with Crippen molar-refractivity contribution in [3.8, 4) is 34.0 Å². The average molecular weight is 516 g/mol. The molecule has 0 N–H and O–H groups in total. The summed E-state index contributed by atoms with van der Waals surface area (Å²) in [6.45, 7) is 1.84. The Morgan fingerprint density at radius 2 is 1.97 bits per heavy atom. The van der Waals surface area contributed by atoms with Gasteiger partial charge in [0.1, 0.15) is 16.0 Å². The molecule has 0 bridgehead atoms. The summed E-state index contributed by atoms with van der Waals surface area (Å²) in [7, 11) is 3.09. The second-order valence-electron chi connectivity index (χ2n) is 8.20. The van der Waals surface area contributed by atoms with E-state index < -0.39 is 17.1 Å². The van der Waals surface area contributed by atoms with Crippen LogP contribution in [0.4, 0.5) is 4.39 Å². The summed E-state index contributed by atoms with van der Waals surface area (Å²) in [5.74, 6) is -0.0739. The highest BCUT2D eigenvalue weighted by molar-refractivity contribution is 7.22. The van der Waals surface area contributed by atoms with Crippen LogP contribution >= 0.6 is 11.3 Å². The molecule has 10 nitrogen and oxygen atoms in total. The standard InChI is InChI=1S/C25H18FN7O3S/c1-13-30-17-11-29-12-19(22(17)31(13)2)33-24(34)23-18(32(25(33)35)6-4-5-27)9-21(37-23)15-8-20(36-3)16(26)7-14(15)10-28/h7-9,11-12H,4,6H2,1-3H3. The Bertz CT molecular complexity index is 1940. The third kappa shape index (κ3) is 3.66. The molecule has 5 aromatic rings. The van der Waals surface area contributed by atoms with Gasteiger partial charge in [-0.3, -0.25) is 14.3 Å². The van der Waals surface area contributed by atoms with E-state index in [0.717, 1.165) is 22.0 Å². The lowest BCUT2D eigenvalue weighted by atomic mass is 10.1. The molecule has 0 aliphatic rings. The van der Waals surface area contributed by atoms with Gasteiger partial charge >= 0.3 is 5.69 Å². The maximum Gasteiger partial charge on any atom is 0.336 e. The molecule has 1 aromatic carbocycles. The first-order valence-corrected chi connectivity index (χ1v) is 11.8. The highest BCUT2D eigenvalue weighted by Gasteiger charge is 2.22. The van der Waals surface area contributed by atoms with Crippen LogP contribution < -0.4 is 16.0 Å². The zero-order valence-corrected chi connectivity index (χ0v) is 20.8. The Labute approximate surface area is 212 Å². The number of aromatic nitrogens is 5. The number of hydrogen-bond donors (Lipinski definition) is 0. The summed E-state index contributed by atoms with van der Waals surface area (Å²) in [5, 5.41) is 18.8. The lowest BCUT2D eigenvalue weighted by Crippen LogP contribution is -2.38. The fraction of sp³-hybridized carbons (Fsp3) is 0.200. The maximum absolute atomic E-state index is 14.2. The van der Waals surface area contributed by atoms with E-state index in [1.807, 2.05) is 12.1 Å². The minimum Gasteiger partial charge on any atom is -0.494 e. The number of ether oxygens (including phenoxy) is 1. The van der Waals surface area contributed by atoms with E-state index in [4.69, 9.17) is 4.74 Å². The number of imidazole rings is 1. The van der Waals surface area contributed by atoms with E-state index in [2.05, 4.69) is 9.97 Å². The summed E-state index contributed by atoms with van der Waals surface area (Å²) < 4.78 is 23.7. The molecule has 0 fully saturated rings. The van der Waals surface area contributed by atoms with E-state index in [1.54, 1.807) is 30.8 Å². The number of rotatable bonds is 5. The monoisotopic (exact) mass is 515 g/mol. The fourth-order valence-electron chi connectivity index (χ4n) is 4.31. The molecule has 0 amide bonds.